The molecular weight excluding hydrogens is 510 g/mol. The van der Waals surface area contributed by atoms with Gasteiger partial charge in [-0.3, -0.25) is 9.59 Å². The highest BCUT2D eigenvalue weighted by Gasteiger charge is 2.13. The van der Waals surface area contributed by atoms with Gasteiger partial charge in [-0.05, 0) is 89.8 Å². The van der Waals surface area contributed by atoms with E-state index in [2.05, 4.69) is 15.5 Å². The van der Waals surface area contributed by atoms with Gasteiger partial charge in [0.2, 0.25) is 0 Å². The highest BCUT2D eigenvalue weighted by molar-refractivity contribution is 6.30. The molecule has 0 bridgehead atoms. The number of morpholine rings is 1. The number of carbonyl (C=O) groups excluding carboxylic acids is 2. The predicted octanol–water partition coefficient (Wildman–Crippen LogP) is 6.33. The Morgan fingerprint density at radius 2 is 1.54 bits per heavy atom. The van der Waals surface area contributed by atoms with Crippen molar-refractivity contribution in [1.29, 1.82) is 0 Å². The van der Waals surface area contributed by atoms with E-state index in [-0.39, 0.29) is 11.8 Å². The monoisotopic (exact) mass is 539 g/mol. The fraction of sp³-hybridized carbons (Fsp3) is 0.188. The molecule has 0 unspecified atom stereocenters. The van der Waals surface area contributed by atoms with Gasteiger partial charge in [0.15, 0.2) is 0 Å². The maximum atomic E-state index is 12.9. The zero-order valence-corrected chi connectivity index (χ0v) is 22.5. The molecule has 0 spiro atoms. The van der Waals surface area contributed by atoms with E-state index in [9.17, 15) is 9.59 Å². The first kappa shape index (κ1) is 26.5. The van der Waals surface area contributed by atoms with Crippen LogP contribution in [0.4, 0.5) is 11.4 Å². The number of amides is 2. The number of hydrogen-bond donors (Lipinski definition) is 2. The van der Waals surface area contributed by atoms with Gasteiger partial charge in [-0.25, -0.2) is 0 Å². The van der Waals surface area contributed by atoms with Crippen molar-refractivity contribution in [2.45, 2.75) is 13.5 Å². The minimum Gasteiger partial charge on any atom is -0.378 e. The van der Waals surface area contributed by atoms with Gasteiger partial charge >= 0.3 is 0 Å². The van der Waals surface area contributed by atoms with E-state index in [0.717, 1.165) is 54.2 Å². The van der Waals surface area contributed by atoms with Crippen LogP contribution in [0.25, 0.3) is 11.1 Å². The second-order valence-electron chi connectivity index (χ2n) is 9.52. The highest BCUT2D eigenvalue weighted by Crippen LogP contribution is 2.27. The van der Waals surface area contributed by atoms with E-state index in [1.165, 1.54) is 0 Å². The summed E-state index contributed by atoms with van der Waals surface area (Å²) in [5.41, 5.74) is 6.93. The Morgan fingerprint density at radius 1 is 0.846 bits per heavy atom. The summed E-state index contributed by atoms with van der Waals surface area (Å²) in [5, 5.41) is 6.58. The summed E-state index contributed by atoms with van der Waals surface area (Å²) in [4.78, 5) is 27.8. The number of rotatable bonds is 7. The van der Waals surface area contributed by atoms with Gasteiger partial charge in [0.1, 0.15) is 0 Å². The number of nitrogens with one attached hydrogen (secondary N) is 2. The summed E-state index contributed by atoms with van der Waals surface area (Å²) in [7, 11) is 0. The predicted molar refractivity (Wildman–Crippen MR) is 157 cm³/mol. The van der Waals surface area contributed by atoms with Crippen molar-refractivity contribution >= 4 is 34.8 Å². The van der Waals surface area contributed by atoms with Crippen LogP contribution in [0.2, 0.25) is 5.02 Å². The zero-order valence-electron chi connectivity index (χ0n) is 21.7. The molecule has 0 atom stereocenters. The molecule has 2 amide bonds. The third-order valence-corrected chi connectivity index (χ3v) is 7.04. The smallest absolute Gasteiger partial charge is 0.255 e. The summed E-state index contributed by atoms with van der Waals surface area (Å²) in [6.45, 7) is 5.57. The second kappa shape index (κ2) is 12.2. The van der Waals surface area contributed by atoms with Crippen LogP contribution in [0, 0.1) is 6.92 Å². The quantitative estimate of drug-likeness (QED) is 0.288. The maximum Gasteiger partial charge on any atom is 0.255 e. The second-order valence-corrected chi connectivity index (χ2v) is 9.96. The Balaban J connectivity index is 1.23. The van der Waals surface area contributed by atoms with Crippen LogP contribution >= 0.6 is 11.6 Å². The van der Waals surface area contributed by atoms with Crippen molar-refractivity contribution in [1.82, 2.24) is 5.32 Å². The van der Waals surface area contributed by atoms with E-state index in [1.54, 1.807) is 6.07 Å². The van der Waals surface area contributed by atoms with Crippen molar-refractivity contribution in [3.63, 3.8) is 0 Å². The molecule has 5 rings (SSSR count). The molecule has 4 aromatic carbocycles. The normalized spacial score (nSPS) is 13.1. The number of benzene rings is 4. The SMILES string of the molecule is Cc1ccc(NC(=O)c2ccc(N3CCOCC3)cc2)cc1-c1ccc(C(=O)NCc2cccc(Cl)c2)cc1. The Bertz CT molecular complexity index is 1460. The Labute approximate surface area is 233 Å². The summed E-state index contributed by atoms with van der Waals surface area (Å²) in [5.74, 6) is -0.316. The molecule has 0 aromatic heterocycles. The van der Waals surface area contributed by atoms with Gasteiger partial charge in [-0.2, -0.15) is 0 Å². The number of carbonyl (C=O) groups is 2. The van der Waals surface area contributed by atoms with Crippen molar-refractivity contribution in [2.24, 2.45) is 0 Å². The van der Waals surface area contributed by atoms with Crippen LogP contribution in [0.3, 0.4) is 0 Å². The first-order chi connectivity index (χ1) is 19.0. The molecule has 6 nitrogen and oxygen atoms in total. The third-order valence-electron chi connectivity index (χ3n) is 6.80. The topological polar surface area (TPSA) is 70.7 Å². The lowest BCUT2D eigenvalue weighted by molar-refractivity contribution is 0.0950. The molecule has 1 saturated heterocycles. The Kier molecular flexibility index (Phi) is 8.25. The van der Waals surface area contributed by atoms with Crippen molar-refractivity contribution in [2.75, 3.05) is 36.5 Å². The number of aryl methyl sites for hydroxylation is 1. The Morgan fingerprint density at radius 3 is 2.26 bits per heavy atom. The molecule has 198 valence electrons. The van der Waals surface area contributed by atoms with Gasteiger partial charge in [-0.1, -0.05) is 41.9 Å². The maximum absolute atomic E-state index is 12.9. The highest BCUT2D eigenvalue weighted by atomic mass is 35.5. The number of hydrogen-bond acceptors (Lipinski definition) is 4. The van der Waals surface area contributed by atoms with Crippen LogP contribution in [0.5, 0.6) is 0 Å². The molecule has 0 aliphatic carbocycles. The van der Waals surface area contributed by atoms with Crippen LogP contribution in [0.1, 0.15) is 31.8 Å². The van der Waals surface area contributed by atoms with Gasteiger partial charge in [-0.15, -0.1) is 0 Å². The van der Waals surface area contributed by atoms with E-state index in [0.29, 0.717) is 28.4 Å². The summed E-state index contributed by atoms with van der Waals surface area (Å²) in [6, 6.07) is 28.4. The summed E-state index contributed by atoms with van der Waals surface area (Å²) >= 11 is 6.03. The van der Waals surface area contributed by atoms with E-state index in [4.69, 9.17) is 16.3 Å². The third kappa shape index (κ3) is 6.66. The van der Waals surface area contributed by atoms with E-state index < -0.39 is 0 Å². The largest absolute Gasteiger partial charge is 0.378 e. The molecule has 0 saturated carbocycles. The van der Waals surface area contributed by atoms with Gasteiger partial charge in [0.25, 0.3) is 11.8 Å². The number of ether oxygens (including phenoxy) is 1. The van der Waals surface area contributed by atoms with Crippen LogP contribution in [-0.2, 0) is 11.3 Å². The number of halogens is 1. The first-order valence-electron chi connectivity index (χ1n) is 12.9. The summed E-state index contributed by atoms with van der Waals surface area (Å²) in [6.07, 6.45) is 0. The fourth-order valence-corrected chi connectivity index (χ4v) is 4.80. The molecule has 1 aliphatic rings. The standard InChI is InChI=1S/C32H30ClN3O3/c1-22-5-12-28(35-32(38)26-10-13-29(14-11-26)36-15-17-39-18-16-36)20-30(22)24-6-8-25(9-7-24)31(37)34-21-23-3-2-4-27(33)19-23/h2-14,19-20H,15-18,21H2,1H3,(H,34,37)(H,35,38). The minimum absolute atomic E-state index is 0.154. The number of nitrogens with zero attached hydrogens (tertiary/aromatic N) is 1. The van der Waals surface area contributed by atoms with E-state index >= 15 is 0 Å². The lowest BCUT2D eigenvalue weighted by atomic mass is 9.98. The molecule has 39 heavy (non-hydrogen) atoms. The molecule has 0 radical (unpaired) electrons. The van der Waals surface area contributed by atoms with Crippen LogP contribution in [-0.4, -0.2) is 38.1 Å². The summed E-state index contributed by atoms with van der Waals surface area (Å²) < 4.78 is 5.42. The fourth-order valence-electron chi connectivity index (χ4n) is 4.59. The lowest BCUT2D eigenvalue weighted by Gasteiger charge is -2.28. The van der Waals surface area contributed by atoms with Gasteiger partial charge < -0.3 is 20.3 Å². The molecule has 7 heteroatoms. The van der Waals surface area contributed by atoms with Crippen LogP contribution in [0.15, 0.2) is 91.0 Å². The molecule has 1 heterocycles. The first-order valence-corrected chi connectivity index (χ1v) is 13.3. The van der Waals surface area contributed by atoms with Crippen molar-refractivity contribution < 1.29 is 14.3 Å². The molecule has 4 aromatic rings. The average Bonchev–Trinajstić information content (AvgIpc) is 2.97. The van der Waals surface area contributed by atoms with Gasteiger partial charge in [0, 0.05) is 47.2 Å². The average molecular weight is 540 g/mol. The van der Waals surface area contributed by atoms with Gasteiger partial charge in [0.05, 0.1) is 13.2 Å². The minimum atomic E-state index is -0.162. The lowest BCUT2D eigenvalue weighted by Crippen LogP contribution is -2.36. The molecule has 2 N–H and O–H groups in total. The number of anilines is 2. The Hall–Kier alpha value is -4.13. The molecular formula is C32H30ClN3O3. The zero-order chi connectivity index (χ0) is 27.2. The van der Waals surface area contributed by atoms with Crippen LogP contribution < -0.4 is 15.5 Å². The molecule has 1 fully saturated rings. The van der Waals surface area contributed by atoms with Crippen molar-refractivity contribution in [3.8, 4) is 11.1 Å². The molecule has 1 aliphatic heterocycles. The van der Waals surface area contributed by atoms with E-state index in [1.807, 2.05) is 91.9 Å². The van der Waals surface area contributed by atoms with Crippen molar-refractivity contribution in [3.05, 3.63) is 118 Å².